The van der Waals surface area contributed by atoms with Crippen molar-refractivity contribution in [3.63, 3.8) is 0 Å². The molecule has 2 heterocycles. The van der Waals surface area contributed by atoms with Gasteiger partial charge in [0.15, 0.2) is 0 Å². The molecule has 3 nitrogen and oxygen atoms in total. The first-order valence-electron chi connectivity index (χ1n) is 7.38. The minimum atomic E-state index is 0.663. The van der Waals surface area contributed by atoms with Crippen LogP contribution in [0.2, 0.25) is 0 Å². The second-order valence-electron chi connectivity index (χ2n) is 6.04. The van der Waals surface area contributed by atoms with E-state index in [1.165, 1.54) is 19.3 Å². The van der Waals surface area contributed by atoms with Crippen LogP contribution in [0.15, 0.2) is 30.6 Å². The van der Waals surface area contributed by atoms with Crippen molar-refractivity contribution in [2.45, 2.75) is 45.7 Å². The molecule has 0 aliphatic heterocycles. The van der Waals surface area contributed by atoms with Gasteiger partial charge in [0.1, 0.15) is 5.65 Å². The zero-order valence-corrected chi connectivity index (χ0v) is 11.8. The van der Waals surface area contributed by atoms with Crippen molar-refractivity contribution >= 4 is 5.65 Å². The van der Waals surface area contributed by atoms with Crippen LogP contribution < -0.4 is 5.32 Å². The van der Waals surface area contributed by atoms with Crippen LogP contribution in [0.25, 0.3) is 5.65 Å². The average Bonchev–Trinajstić information content (AvgIpc) is 2.83. The van der Waals surface area contributed by atoms with Gasteiger partial charge in [0.05, 0.1) is 5.69 Å². The summed E-state index contributed by atoms with van der Waals surface area (Å²) < 4.78 is 2.09. The van der Waals surface area contributed by atoms with E-state index in [0.29, 0.717) is 6.04 Å². The Morgan fingerprint density at radius 3 is 2.95 bits per heavy atom. The van der Waals surface area contributed by atoms with Crippen molar-refractivity contribution in [1.29, 1.82) is 0 Å². The van der Waals surface area contributed by atoms with Crippen LogP contribution in [0.5, 0.6) is 0 Å². The van der Waals surface area contributed by atoms with Crippen LogP contribution in [0.3, 0.4) is 0 Å². The second kappa shape index (κ2) is 5.33. The molecule has 3 rings (SSSR count). The molecule has 3 atom stereocenters. The maximum absolute atomic E-state index is 4.63. The number of rotatable bonds is 3. The van der Waals surface area contributed by atoms with Crippen LogP contribution in [0, 0.1) is 11.8 Å². The molecule has 0 amide bonds. The van der Waals surface area contributed by atoms with Crippen LogP contribution in [-0.4, -0.2) is 15.4 Å². The second-order valence-corrected chi connectivity index (χ2v) is 6.04. The fraction of sp³-hybridized carbons (Fsp3) is 0.562. The molecule has 0 bridgehead atoms. The minimum Gasteiger partial charge on any atom is -0.308 e. The lowest BCUT2D eigenvalue weighted by atomic mass is 9.79. The Hall–Kier alpha value is -1.35. The molecular weight excluding hydrogens is 234 g/mol. The molecule has 1 aliphatic carbocycles. The van der Waals surface area contributed by atoms with Gasteiger partial charge in [-0.25, -0.2) is 4.98 Å². The van der Waals surface area contributed by atoms with Gasteiger partial charge in [0.2, 0.25) is 0 Å². The first-order valence-corrected chi connectivity index (χ1v) is 7.38. The van der Waals surface area contributed by atoms with Crippen LogP contribution in [0.1, 0.15) is 38.8 Å². The monoisotopic (exact) mass is 257 g/mol. The van der Waals surface area contributed by atoms with Gasteiger partial charge in [-0.1, -0.05) is 19.9 Å². The van der Waals surface area contributed by atoms with Gasteiger partial charge in [-0.05, 0) is 43.2 Å². The Bertz CT molecular complexity index is 513. The van der Waals surface area contributed by atoms with E-state index in [-0.39, 0.29) is 0 Å². The summed E-state index contributed by atoms with van der Waals surface area (Å²) in [6.45, 7) is 5.64. The van der Waals surface area contributed by atoms with Crippen LogP contribution in [0.4, 0.5) is 0 Å². The van der Waals surface area contributed by atoms with E-state index in [1.807, 2.05) is 18.2 Å². The zero-order chi connectivity index (χ0) is 13.2. The third kappa shape index (κ3) is 2.81. The summed E-state index contributed by atoms with van der Waals surface area (Å²) in [4.78, 5) is 4.63. The number of fused-ring (bicyclic) bond motifs is 1. The maximum Gasteiger partial charge on any atom is 0.137 e. The first kappa shape index (κ1) is 12.7. The van der Waals surface area contributed by atoms with Crippen molar-refractivity contribution in [1.82, 2.24) is 14.7 Å². The molecule has 0 radical (unpaired) electrons. The minimum absolute atomic E-state index is 0.663. The molecule has 1 aliphatic rings. The smallest absolute Gasteiger partial charge is 0.137 e. The average molecular weight is 257 g/mol. The van der Waals surface area contributed by atoms with Crippen LogP contribution >= 0.6 is 0 Å². The highest BCUT2D eigenvalue weighted by molar-refractivity contribution is 5.39. The third-order valence-corrected chi connectivity index (χ3v) is 4.58. The van der Waals surface area contributed by atoms with Crippen molar-refractivity contribution < 1.29 is 0 Å². The Labute approximate surface area is 115 Å². The molecule has 0 aromatic carbocycles. The summed E-state index contributed by atoms with van der Waals surface area (Å²) in [5, 5.41) is 3.67. The van der Waals surface area contributed by atoms with Gasteiger partial charge in [-0.15, -0.1) is 0 Å². The largest absolute Gasteiger partial charge is 0.308 e. The van der Waals surface area contributed by atoms with E-state index in [2.05, 4.69) is 40.9 Å². The summed E-state index contributed by atoms with van der Waals surface area (Å²) in [6, 6.07) is 6.78. The van der Waals surface area contributed by atoms with E-state index in [0.717, 1.165) is 29.7 Å². The number of nitrogens with one attached hydrogen (secondary N) is 1. The number of imidazole rings is 1. The SMILES string of the molecule is CC1CCC(NCc2cn3ccccc3n2)CC1C. The summed E-state index contributed by atoms with van der Waals surface area (Å²) in [5.41, 5.74) is 2.17. The van der Waals surface area contributed by atoms with Gasteiger partial charge < -0.3 is 9.72 Å². The standard InChI is InChI=1S/C16H23N3/c1-12-6-7-14(9-13(12)2)17-10-15-11-19-8-4-3-5-16(19)18-15/h3-5,8,11-14,17H,6-7,9-10H2,1-2H3. The Balaban J connectivity index is 1.60. The predicted molar refractivity (Wildman–Crippen MR) is 78.0 cm³/mol. The molecule has 0 spiro atoms. The highest BCUT2D eigenvalue weighted by Crippen LogP contribution is 2.29. The molecular formula is C16H23N3. The number of hydrogen-bond acceptors (Lipinski definition) is 2. The normalized spacial score (nSPS) is 27.8. The van der Waals surface area contributed by atoms with E-state index in [1.54, 1.807) is 0 Å². The topological polar surface area (TPSA) is 29.3 Å². The molecule has 1 N–H and O–H groups in total. The lowest BCUT2D eigenvalue weighted by Gasteiger charge is -2.32. The Kier molecular flexibility index (Phi) is 3.56. The summed E-state index contributed by atoms with van der Waals surface area (Å²) in [6.07, 6.45) is 8.13. The molecule has 2 aromatic heterocycles. The van der Waals surface area contributed by atoms with E-state index < -0.39 is 0 Å². The van der Waals surface area contributed by atoms with Gasteiger partial charge >= 0.3 is 0 Å². The lowest BCUT2D eigenvalue weighted by molar-refractivity contribution is 0.225. The van der Waals surface area contributed by atoms with E-state index in [9.17, 15) is 0 Å². The highest BCUT2D eigenvalue weighted by atomic mass is 15.0. The summed E-state index contributed by atoms with van der Waals surface area (Å²) in [7, 11) is 0. The molecule has 102 valence electrons. The zero-order valence-electron chi connectivity index (χ0n) is 11.8. The van der Waals surface area contributed by atoms with Gasteiger partial charge in [-0.2, -0.15) is 0 Å². The highest BCUT2D eigenvalue weighted by Gasteiger charge is 2.24. The number of hydrogen-bond donors (Lipinski definition) is 1. The molecule has 0 saturated heterocycles. The van der Waals surface area contributed by atoms with E-state index >= 15 is 0 Å². The van der Waals surface area contributed by atoms with Crippen molar-refractivity contribution in [2.75, 3.05) is 0 Å². The number of nitrogens with zero attached hydrogens (tertiary/aromatic N) is 2. The van der Waals surface area contributed by atoms with E-state index in [4.69, 9.17) is 0 Å². The molecule has 1 saturated carbocycles. The van der Waals surface area contributed by atoms with Crippen molar-refractivity contribution in [2.24, 2.45) is 11.8 Å². The first-order chi connectivity index (χ1) is 9.22. The summed E-state index contributed by atoms with van der Waals surface area (Å²) >= 11 is 0. The summed E-state index contributed by atoms with van der Waals surface area (Å²) in [5.74, 6) is 1.72. The quantitative estimate of drug-likeness (QED) is 0.914. The fourth-order valence-electron chi connectivity index (χ4n) is 3.05. The molecule has 19 heavy (non-hydrogen) atoms. The van der Waals surface area contributed by atoms with Gasteiger partial charge in [-0.3, -0.25) is 0 Å². The Morgan fingerprint density at radius 1 is 1.26 bits per heavy atom. The maximum atomic E-state index is 4.63. The van der Waals surface area contributed by atoms with Crippen LogP contribution in [-0.2, 0) is 6.54 Å². The van der Waals surface area contributed by atoms with Gasteiger partial charge in [0, 0.05) is 25.0 Å². The van der Waals surface area contributed by atoms with Crippen molar-refractivity contribution in [3.05, 3.63) is 36.3 Å². The molecule has 3 unspecified atom stereocenters. The molecule has 2 aromatic rings. The third-order valence-electron chi connectivity index (χ3n) is 4.58. The van der Waals surface area contributed by atoms with Gasteiger partial charge in [0.25, 0.3) is 0 Å². The number of pyridine rings is 1. The van der Waals surface area contributed by atoms with Crippen molar-refractivity contribution in [3.8, 4) is 0 Å². The lowest BCUT2D eigenvalue weighted by Crippen LogP contribution is -2.35. The molecule has 3 heteroatoms. The molecule has 1 fully saturated rings. The Morgan fingerprint density at radius 2 is 2.16 bits per heavy atom. The predicted octanol–water partition coefficient (Wildman–Crippen LogP) is 3.25. The fourth-order valence-corrected chi connectivity index (χ4v) is 3.05. The number of aromatic nitrogens is 2.